The van der Waals surface area contributed by atoms with Gasteiger partial charge in [0, 0.05) is 77.9 Å². The van der Waals surface area contributed by atoms with E-state index in [-0.39, 0.29) is 0 Å². The van der Waals surface area contributed by atoms with Crippen LogP contribution in [-0.2, 0) is 11.2 Å². The minimum absolute atomic E-state index is 0.547. The molecule has 4 fully saturated rings. The van der Waals surface area contributed by atoms with E-state index < -0.39 is 0 Å². The molecule has 0 amide bonds. The van der Waals surface area contributed by atoms with Crippen molar-refractivity contribution in [2.75, 3.05) is 85.2 Å². The number of ether oxygens (including phenoxy) is 1. The van der Waals surface area contributed by atoms with Crippen molar-refractivity contribution >= 4 is 5.96 Å². The van der Waals surface area contributed by atoms with Crippen LogP contribution in [0.3, 0.4) is 0 Å². The van der Waals surface area contributed by atoms with Crippen molar-refractivity contribution in [3.8, 4) is 0 Å². The average molecular weight is 391 g/mol. The molecule has 5 rings (SSSR count). The number of furan rings is 1. The zero-order valence-electron chi connectivity index (χ0n) is 16.8. The number of hydrogen-bond acceptors (Lipinski definition) is 6. The largest absolute Gasteiger partial charge is 0.469 e. The third-order valence-electron chi connectivity index (χ3n) is 5.92. The molecule has 156 valence electrons. The van der Waals surface area contributed by atoms with Crippen LogP contribution in [0, 0.1) is 0 Å². The number of nitrogens with zero attached hydrogens (tertiary/aromatic N) is 4. The molecule has 1 unspecified atom stereocenters. The average Bonchev–Trinajstić information content (AvgIpc) is 3.27. The molecule has 8 heteroatoms. The molecule has 0 saturated carbocycles. The molecule has 4 aliphatic rings. The summed E-state index contributed by atoms with van der Waals surface area (Å²) in [5.41, 5.74) is 0. The van der Waals surface area contributed by atoms with Crippen LogP contribution in [0.15, 0.2) is 27.8 Å². The number of guanidine groups is 1. The van der Waals surface area contributed by atoms with Gasteiger partial charge in [0.2, 0.25) is 0 Å². The lowest BCUT2D eigenvalue weighted by Gasteiger charge is -2.47. The van der Waals surface area contributed by atoms with Gasteiger partial charge in [-0.05, 0) is 12.1 Å². The Morgan fingerprint density at radius 1 is 1.07 bits per heavy atom. The lowest BCUT2D eigenvalue weighted by Crippen LogP contribution is -2.62. The summed E-state index contributed by atoms with van der Waals surface area (Å²) in [6, 6.07) is 4.50. The van der Waals surface area contributed by atoms with Crippen molar-refractivity contribution in [3.05, 3.63) is 24.2 Å². The van der Waals surface area contributed by atoms with Gasteiger partial charge in [-0.3, -0.25) is 19.7 Å². The van der Waals surface area contributed by atoms with Crippen LogP contribution >= 0.6 is 0 Å². The summed E-state index contributed by atoms with van der Waals surface area (Å²) in [5, 5.41) is 7.01. The second-order valence-corrected chi connectivity index (χ2v) is 7.82. The second kappa shape index (κ2) is 10.2. The van der Waals surface area contributed by atoms with Gasteiger partial charge < -0.3 is 19.8 Å². The second-order valence-electron chi connectivity index (χ2n) is 7.82. The van der Waals surface area contributed by atoms with E-state index in [4.69, 9.17) is 14.1 Å². The van der Waals surface area contributed by atoms with E-state index in [1.807, 2.05) is 12.1 Å². The summed E-state index contributed by atoms with van der Waals surface area (Å²) in [6.45, 7) is 13.3. The molecule has 1 aromatic rings. The Morgan fingerprint density at radius 2 is 1.89 bits per heavy atom. The first kappa shape index (κ1) is 19.7. The normalized spacial score (nSPS) is 28.4. The third kappa shape index (κ3) is 5.70. The smallest absolute Gasteiger partial charge is 0.191 e. The van der Waals surface area contributed by atoms with Gasteiger partial charge in [-0.25, -0.2) is 0 Å². The fourth-order valence-electron chi connectivity index (χ4n) is 4.18. The van der Waals surface area contributed by atoms with Gasteiger partial charge in [0.15, 0.2) is 5.96 Å². The van der Waals surface area contributed by atoms with E-state index in [0.717, 1.165) is 77.2 Å². The highest BCUT2D eigenvalue weighted by molar-refractivity contribution is 5.79. The Balaban J connectivity index is 1.26. The number of piperazine rings is 3. The zero-order valence-corrected chi connectivity index (χ0v) is 16.8. The Kier molecular flexibility index (Phi) is 7.21. The molecule has 28 heavy (non-hydrogen) atoms. The van der Waals surface area contributed by atoms with E-state index in [0.29, 0.717) is 6.04 Å². The summed E-state index contributed by atoms with van der Waals surface area (Å²) >= 11 is 0. The molecular formula is C20H34N6O2. The van der Waals surface area contributed by atoms with Gasteiger partial charge in [0.25, 0.3) is 0 Å². The highest BCUT2D eigenvalue weighted by Crippen LogP contribution is 2.15. The minimum Gasteiger partial charge on any atom is -0.469 e. The molecule has 4 saturated heterocycles. The number of hydrogen-bond donors (Lipinski definition) is 2. The molecule has 4 aliphatic heterocycles. The lowest BCUT2D eigenvalue weighted by molar-refractivity contribution is 0.0174. The van der Waals surface area contributed by atoms with E-state index in [1.54, 1.807) is 6.26 Å². The number of morpholine rings is 1. The highest BCUT2D eigenvalue weighted by Gasteiger charge is 2.31. The summed E-state index contributed by atoms with van der Waals surface area (Å²) in [5.74, 6) is 1.92. The first-order chi connectivity index (χ1) is 13.9. The summed E-state index contributed by atoms with van der Waals surface area (Å²) in [7, 11) is 0. The van der Waals surface area contributed by atoms with Gasteiger partial charge in [0.05, 0.1) is 26.0 Å². The highest BCUT2D eigenvalue weighted by atomic mass is 16.5. The van der Waals surface area contributed by atoms with Crippen LogP contribution < -0.4 is 10.6 Å². The molecular weight excluding hydrogens is 356 g/mol. The van der Waals surface area contributed by atoms with Gasteiger partial charge in [0.1, 0.15) is 5.76 Å². The van der Waals surface area contributed by atoms with E-state index in [1.165, 1.54) is 26.2 Å². The van der Waals surface area contributed by atoms with Crippen molar-refractivity contribution in [1.82, 2.24) is 25.3 Å². The minimum atomic E-state index is 0.547. The van der Waals surface area contributed by atoms with E-state index in [9.17, 15) is 0 Å². The molecule has 0 aliphatic carbocycles. The van der Waals surface area contributed by atoms with Crippen molar-refractivity contribution in [2.45, 2.75) is 12.5 Å². The van der Waals surface area contributed by atoms with Crippen LogP contribution in [0.4, 0.5) is 0 Å². The van der Waals surface area contributed by atoms with Crippen LogP contribution in [0.2, 0.25) is 0 Å². The Labute approximate surface area is 167 Å². The number of rotatable bonds is 8. The molecule has 1 aromatic heterocycles. The number of fused-ring (bicyclic) bond motifs is 3. The maximum Gasteiger partial charge on any atom is 0.191 e. The molecule has 2 N–H and O–H groups in total. The molecule has 1 atom stereocenters. The topological polar surface area (TPSA) is 68.5 Å². The summed E-state index contributed by atoms with van der Waals surface area (Å²) in [4.78, 5) is 12.5. The quantitative estimate of drug-likeness (QED) is 0.466. The first-order valence-corrected chi connectivity index (χ1v) is 10.7. The van der Waals surface area contributed by atoms with Gasteiger partial charge >= 0.3 is 0 Å². The molecule has 0 spiro atoms. The first-order valence-electron chi connectivity index (χ1n) is 10.7. The van der Waals surface area contributed by atoms with Crippen LogP contribution in [-0.4, -0.2) is 112 Å². The maximum atomic E-state index is 5.43. The van der Waals surface area contributed by atoms with E-state index >= 15 is 0 Å². The third-order valence-corrected chi connectivity index (χ3v) is 5.92. The van der Waals surface area contributed by atoms with Crippen molar-refractivity contribution < 1.29 is 9.15 Å². The molecule has 0 radical (unpaired) electrons. The van der Waals surface area contributed by atoms with Crippen LogP contribution in [0.25, 0.3) is 0 Å². The fraction of sp³-hybridized carbons (Fsp3) is 0.750. The van der Waals surface area contributed by atoms with Crippen LogP contribution in [0.1, 0.15) is 5.76 Å². The van der Waals surface area contributed by atoms with Gasteiger partial charge in [-0.15, -0.1) is 0 Å². The Morgan fingerprint density at radius 3 is 2.61 bits per heavy atom. The fourth-order valence-corrected chi connectivity index (χ4v) is 4.18. The van der Waals surface area contributed by atoms with Crippen molar-refractivity contribution in [3.63, 3.8) is 0 Å². The predicted octanol–water partition coefficient (Wildman–Crippen LogP) is -0.311. The monoisotopic (exact) mass is 390 g/mol. The van der Waals surface area contributed by atoms with Crippen molar-refractivity contribution in [2.24, 2.45) is 4.99 Å². The van der Waals surface area contributed by atoms with E-state index in [2.05, 4.69) is 25.3 Å². The molecule has 5 heterocycles. The van der Waals surface area contributed by atoms with Crippen LogP contribution in [0.5, 0.6) is 0 Å². The van der Waals surface area contributed by atoms with Crippen molar-refractivity contribution in [1.29, 1.82) is 0 Å². The molecule has 8 nitrogen and oxygen atoms in total. The lowest BCUT2D eigenvalue weighted by atomic mass is 10.1. The summed E-state index contributed by atoms with van der Waals surface area (Å²) < 4.78 is 10.9. The number of aliphatic imine (C=N–C) groups is 1. The molecule has 2 bridgehead atoms. The number of nitrogens with one attached hydrogen (secondary N) is 2. The predicted molar refractivity (Wildman–Crippen MR) is 110 cm³/mol. The molecule has 0 aromatic carbocycles. The standard InChI is InChI=1S/C20H34N6O2/c1-2-19(28-13-1)3-4-21-20(22-5-6-24-11-14-27-15-12-24)23-16-18-17-25-7-9-26(18)10-8-25/h1-2,13,18H,3-12,14-17H2,(H2,21,22,23). The van der Waals surface area contributed by atoms with Gasteiger partial charge in [-0.2, -0.15) is 0 Å². The maximum absolute atomic E-state index is 5.43. The zero-order chi connectivity index (χ0) is 19.0. The van der Waals surface area contributed by atoms with Gasteiger partial charge in [-0.1, -0.05) is 0 Å². The summed E-state index contributed by atoms with van der Waals surface area (Å²) in [6.07, 6.45) is 2.59. The SMILES string of the molecule is c1coc(CCNC(=NCC2CN3CCN2CC3)NCCN2CCOCC2)c1. The Bertz CT molecular complexity index is 594. The Hall–Kier alpha value is -1.61.